The van der Waals surface area contributed by atoms with Crippen LogP contribution in [0.4, 0.5) is 0 Å². The number of aliphatic hydroxyl groups excluding tert-OH is 1. The molecule has 0 amide bonds. The lowest BCUT2D eigenvalue weighted by Gasteiger charge is -2.69. The molecule has 1 saturated heterocycles. The molecule has 1 heterocycles. The van der Waals surface area contributed by atoms with E-state index in [0.717, 1.165) is 19.4 Å². The predicted octanol–water partition coefficient (Wildman–Crippen LogP) is 1.29. The second-order valence-electron chi connectivity index (χ2n) is 14.2. The van der Waals surface area contributed by atoms with Gasteiger partial charge in [0.1, 0.15) is 23.9 Å². The molecular weight excluding hydrogens is 570 g/mol. The van der Waals surface area contributed by atoms with Crippen molar-refractivity contribution in [2.45, 2.75) is 73.9 Å². The summed E-state index contributed by atoms with van der Waals surface area (Å²) in [5.74, 6) is -2.96. The van der Waals surface area contributed by atoms with Crippen molar-refractivity contribution in [1.82, 2.24) is 4.90 Å². The Morgan fingerprint density at radius 3 is 2.36 bits per heavy atom. The highest BCUT2D eigenvalue weighted by atomic mass is 16.6. The molecule has 5 aliphatic carbocycles. The SMILES string of the molecule is COC[C@@]12CC[C@H](OC)[C@@]34C([C@H]([C@H](OC)[C@H]13)[C@]1(OC(C)=O)[C@H]3[C@@H](OC(=O)c5ccccc5)[C@](O)(C[C@H]34)[C@@H](OC)[C@@H]1O)N(C)C2. The van der Waals surface area contributed by atoms with Gasteiger partial charge in [0.2, 0.25) is 0 Å². The molecule has 1 aromatic rings. The average molecular weight is 616 g/mol. The third kappa shape index (κ3) is 3.41. The Kier molecular flexibility index (Phi) is 7.07. The summed E-state index contributed by atoms with van der Waals surface area (Å²) in [6, 6.07) is 8.39. The Morgan fingerprint density at radius 1 is 1.02 bits per heavy atom. The number of fused-ring (bicyclic) bond motifs is 2. The molecule has 1 spiro atoms. The molecule has 6 fully saturated rings. The summed E-state index contributed by atoms with van der Waals surface area (Å²) in [6.45, 7) is 2.56. The molecule has 11 nitrogen and oxygen atoms in total. The minimum absolute atomic E-state index is 0.103. The smallest absolute Gasteiger partial charge is 0.338 e. The Balaban J connectivity index is 1.51. The van der Waals surface area contributed by atoms with E-state index < -0.39 is 64.8 Å². The Bertz CT molecular complexity index is 1310. The first-order valence-corrected chi connectivity index (χ1v) is 15.7. The van der Waals surface area contributed by atoms with Gasteiger partial charge in [0.15, 0.2) is 5.60 Å². The number of esters is 2. The van der Waals surface area contributed by atoms with Crippen LogP contribution in [-0.2, 0) is 33.2 Å². The fraction of sp³-hybridized carbons (Fsp3) is 0.758. The normalized spacial score (nSPS) is 49.9. The number of methoxy groups -OCH3 is 4. The number of hydrogen-bond donors (Lipinski definition) is 2. The van der Waals surface area contributed by atoms with Gasteiger partial charge in [-0.05, 0) is 44.4 Å². The van der Waals surface area contributed by atoms with Gasteiger partial charge in [0, 0.05) is 76.5 Å². The zero-order chi connectivity index (χ0) is 31.4. The van der Waals surface area contributed by atoms with Crippen LogP contribution in [0.3, 0.4) is 0 Å². The van der Waals surface area contributed by atoms with E-state index in [4.69, 9.17) is 28.4 Å². The number of hydrogen-bond acceptors (Lipinski definition) is 11. The van der Waals surface area contributed by atoms with Crippen molar-refractivity contribution in [2.24, 2.45) is 34.5 Å². The summed E-state index contributed by atoms with van der Waals surface area (Å²) in [7, 11) is 8.63. The lowest BCUT2D eigenvalue weighted by atomic mass is 9.43. The van der Waals surface area contributed by atoms with Crippen LogP contribution >= 0.6 is 0 Å². The first-order valence-electron chi connectivity index (χ1n) is 15.7. The highest BCUT2D eigenvalue weighted by Gasteiger charge is 2.91. The first-order chi connectivity index (χ1) is 21.0. The molecule has 6 aliphatic rings. The van der Waals surface area contributed by atoms with Gasteiger partial charge in [-0.15, -0.1) is 0 Å². The summed E-state index contributed by atoms with van der Waals surface area (Å²) in [5.41, 5.74) is -3.93. The molecule has 7 rings (SSSR count). The molecule has 1 aromatic carbocycles. The molecule has 0 aromatic heterocycles. The van der Waals surface area contributed by atoms with Crippen LogP contribution in [0.15, 0.2) is 30.3 Å². The van der Waals surface area contributed by atoms with Crippen molar-refractivity contribution in [3.63, 3.8) is 0 Å². The van der Waals surface area contributed by atoms with E-state index in [9.17, 15) is 19.8 Å². The third-order valence-electron chi connectivity index (χ3n) is 12.8. The van der Waals surface area contributed by atoms with E-state index in [2.05, 4.69) is 11.9 Å². The van der Waals surface area contributed by atoms with Crippen molar-refractivity contribution in [1.29, 1.82) is 0 Å². The van der Waals surface area contributed by atoms with Crippen molar-refractivity contribution in [3.8, 4) is 0 Å². The number of ether oxygens (including phenoxy) is 6. The van der Waals surface area contributed by atoms with E-state index in [1.165, 1.54) is 14.0 Å². The molecular formula is C33H45NO10. The second-order valence-corrected chi connectivity index (χ2v) is 14.2. The van der Waals surface area contributed by atoms with Gasteiger partial charge < -0.3 is 43.5 Å². The minimum atomic E-state index is -1.76. The van der Waals surface area contributed by atoms with Crippen molar-refractivity contribution in [3.05, 3.63) is 35.9 Å². The number of likely N-dealkylation sites (tertiary alicyclic amines) is 1. The van der Waals surface area contributed by atoms with Gasteiger partial charge >= 0.3 is 11.9 Å². The van der Waals surface area contributed by atoms with Crippen LogP contribution in [0.25, 0.3) is 0 Å². The lowest BCUT2D eigenvalue weighted by molar-refractivity contribution is -0.316. The van der Waals surface area contributed by atoms with Gasteiger partial charge in [-0.2, -0.15) is 0 Å². The number of nitrogens with zero attached hydrogens (tertiary/aromatic N) is 1. The van der Waals surface area contributed by atoms with E-state index in [1.807, 2.05) is 6.07 Å². The van der Waals surface area contributed by atoms with Gasteiger partial charge in [0.25, 0.3) is 0 Å². The molecule has 44 heavy (non-hydrogen) atoms. The molecule has 1 aliphatic heterocycles. The summed E-state index contributed by atoms with van der Waals surface area (Å²) in [5, 5.41) is 25.1. The minimum Gasteiger partial charge on any atom is -0.455 e. The fourth-order valence-electron chi connectivity index (χ4n) is 12.3. The highest BCUT2D eigenvalue weighted by Crippen LogP contribution is 2.80. The zero-order valence-corrected chi connectivity index (χ0v) is 26.3. The first kappa shape index (κ1) is 30.5. The van der Waals surface area contributed by atoms with Crippen molar-refractivity contribution in [2.75, 3.05) is 48.6 Å². The maximum atomic E-state index is 13.7. The number of benzene rings is 1. The van der Waals surface area contributed by atoms with Crippen LogP contribution in [0.1, 0.15) is 36.5 Å². The number of carbonyl (C=O) groups excluding carboxylic acids is 2. The molecule has 14 atom stereocenters. The molecule has 0 radical (unpaired) electrons. The number of rotatable bonds is 8. The standard InChI is InChI=1S/C33H45NO10/c1-17(35)44-33-21-19(14-31(38,28(42-6)26(33)36)27(21)43-29(37)18-10-8-7-9-11-18)32-20(40-4)12-13-30(16-39-3)15-34(2)25(32)22(33)23(41-5)24(30)32/h7-11,19-28,36,38H,12-16H2,1-6H3/t19-,20+,21-,22+,23+,24-,25?,26+,27-,28+,30+,31-,32-,33-/m1/s1. The maximum absolute atomic E-state index is 13.7. The number of carbonyl (C=O) groups is 2. The van der Waals surface area contributed by atoms with E-state index >= 15 is 0 Å². The largest absolute Gasteiger partial charge is 0.455 e. The monoisotopic (exact) mass is 615 g/mol. The fourth-order valence-corrected chi connectivity index (χ4v) is 12.3. The van der Waals surface area contributed by atoms with Gasteiger partial charge in [-0.25, -0.2) is 4.79 Å². The molecule has 11 heteroatoms. The molecule has 5 saturated carbocycles. The van der Waals surface area contributed by atoms with Crippen LogP contribution in [0.2, 0.25) is 0 Å². The van der Waals surface area contributed by atoms with Crippen LogP contribution in [0.5, 0.6) is 0 Å². The van der Waals surface area contributed by atoms with Crippen molar-refractivity contribution >= 4 is 11.9 Å². The lowest BCUT2D eigenvalue weighted by Crippen LogP contribution is -2.80. The summed E-state index contributed by atoms with van der Waals surface area (Å²) < 4.78 is 37.5. The topological polar surface area (TPSA) is 133 Å². The summed E-state index contributed by atoms with van der Waals surface area (Å²) >= 11 is 0. The number of piperidine rings is 1. The highest BCUT2D eigenvalue weighted by molar-refractivity contribution is 5.89. The van der Waals surface area contributed by atoms with Gasteiger partial charge in [0.05, 0.1) is 24.4 Å². The molecule has 1 unspecified atom stereocenters. The quantitative estimate of drug-likeness (QED) is 0.410. The van der Waals surface area contributed by atoms with E-state index in [-0.39, 0.29) is 35.8 Å². The van der Waals surface area contributed by atoms with Crippen LogP contribution in [0, 0.1) is 34.5 Å². The van der Waals surface area contributed by atoms with E-state index in [1.54, 1.807) is 45.6 Å². The maximum Gasteiger partial charge on any atom is 0.338 e. The zero-order valence-electron chi connectivity index (χ0n) is 26.3. The summed E-state index contributed by atoms with van der Waals surface area (Å²) in [4.78, 5) is 29.2. The number of aliphatic hydroxyl groups is 2. The van der Waals surface area contributed by atoms with Crippen molar-refractivity contribution < 1.29 is 48.2 Å². The summed E-state index contributed by atoms with van der Waals surface area (Å²) in [6.07, 6.45) is -2.66. The van der Waals surface area contributed by atoms with Crippen LogP contribution in [-0.4, -0.2) is 123 Å². The second kappa shape index (κ2) is 10.2. The van der Waals surface area contributed by atoms with E-state index in [0.29, 0.717) is 12.2 Å². The Labute approximate surface area is 258 Å². The molecule has 7 bridgehead atoms. The van der Waals surface area contributed by atoms with Gasteiger partial charge in [-0.1, -0.05) is 18.2 Å². The Morgan fingerprint density at radius 2 is 1.75 bits per heavy atom. The molecule has 242 valence electrons. The third-order valence-corrected chi connectivity index (χ3v) is 12.8. The van der Waals surface area contributed by atoms with Crippen LogP contribution < -0.4 is 0 Å². The van der Waals surface area contributed by atoms with Gasteiger partial charge in [-0.3, -0.25) is 4.79 Å². The predicted molar refractivity (Wildman–Crippen MR) is 154 cm³/mol. The average Bonchev–Trinajstić information content (AvgIpc) is 3.39. The Hall–Kier alpha value is -2.12. The molecule has 2 N–H and O–H groups in total.